The third-order valence-electron chi connectivity index (χ3n) is 3.52. The number of ether oxygens (including phenoxy) is 2. The van der Waals surface area contributed by atoms with Crippen molar-refractivity contribution in [1.82, 2.24) is 5.32 Å². The van der Waals surface area contributed by atoms with Gasteiger partial charge >= 0.3 is 0 Å². The molecule has 0 bridgehead atoms. The molecular formula is C16H22FNO3. The molecule has 5 heteroatoms. The van der Waals surface area contributed by atoms with E-state index in [-0.39, 0.29) is 24.1 Å². The topological polar surface area (TPSA) is 47.6 Å². The second-order valence-corrected chi connectivity index (χ2v) is 5.75. The Bertz CT molecular complexity index is 486. The van der Waals surface area contributed by atoms with Gasteiger partial charge in [0.2, 0.25) is 5.91 Å². The SMILES string of the molecule is CC(CNC(=O)Cc1cccc(F)c1)CC1(C)OCCO1. The first-order valence-corrected chi connectivity index (χ1v) is 7.26. The second kappa shape index (κ2) is 7.00. The lowest BCUT2D eigenvalue weighted by Gasteiger charge is -2.26. The smallest absolute Gasteiger partial charge is 0.224 e. The Morgan fingerprint density at radius 2 is 2.14 bits per heavy atom. The molecule has 1 amide bonds. The fourth-order valence-corrected chi connectivity index (χ4v) is 2.56. The summed E-state index contributed by atoms with van der Waals surface area (Å²) in [6, 6.07) is 6.10. The number of rotatable bonds is 6. The number of nitrogens with one attached hydrogen (secondary N) is 1. The fraction of sp³-hybridized carbons (Fsp3) is 0.562. The van der Waals surface area contributed by atoms with Crippen LogP contribution in [0.2, 0.25) is 0 Å². The van der Waals surface area contributed by atoms with E-state index in [4.69, 9.17) is 9.47 Å². The van der Waals surface area contributed by atoms with Crippen molar-refractivity contribution in [1.29, 1.82) is 0 Å². The normalized spacial score (nSPS) is 18.4. The number of hydrogen-bond donors (Lipinski definition) is 1. The second-order valence-electron chi connectivity index (χ2n) is 5.75. The van der Waals surface area contributed by atoms with E-state index in [0.29, 0.717) is 25.3 Å². The van der Waals surface area contributed by atoms with Crippen LogP contribution in [0.5, 0.6) is 0 Å². The van der Waals surface area contributed by atoms with Gasteiger partial charge in [0.05, 0.1) is 19.6 Å². The van der Waals surface area contributed by atoms with Gasteiger partial charge in [-0.2, -0.15) is 0 Å². The van der Waals surface area contributed by atoms with Crippen LogP contribution in [0.25, 0.3) is 0 Å². The summed E-state index contributed by atoms with van der Waals surface area (Å²) in [5.41, 5.74) is 0.676. The van der Waals surface area contributed by atoms with Gasteiger partial charge in [-0.3, -0.25) is 4.79 Å². The monoisotopic (exact) mass is 295 g/mol. The van der Waals surface area contributed by atoms with E-state index in [9.17, 15) is 9.18 Å². The van der Waals surface area contributed by atoms with Crippen LogP contribution in [-0.2, 0) is 20.7 Å². The van der Waals surface area contributed by atoms with Crippen LogP contribution in [0.1, 0.15) is 25.8 Å². The highest BCUT2D eigenvalue weighted by Gasteiger charge is 2.32. The lowest BCUT2D eigenvalue weighted by Crippen LogP contribution is -2.35. The van der Waals surface area contributed by atoms with Gasteiger partial charge in [-0.15, -0.1) is 0 Å². The maximum Gasteiger partial charge on any atom is 0.224 e. The first-order valence-electron chi connectivity index (χ1n) is 7.26. The van der Waals surface area contributed by atoms with E-state index in [1.165, 1.54) is 12.1 Å². The molecule has 1 unspecified atom stereocenters. The summed E-state index contributed by atoms with van der Waals surface area (Å²) in [5, 5.41) is 2.87. The Morgan fingerprint density at radius 1 is 1.43 bits per heavy atom. The Labute approximate surface area is 124 Å². The Balaban J connectivity index is 1.73. The van der Waals surface area contributed by atoms with Crippen molar-refractivity contribution in [3.63, 3.8) is 0 Å². The van der Waals surface area contributed by atoms with Crippen LogP contribution >= 0.6 is 0 Å². The minimum atomic E-state index is -0.535. The van der Waals surface area contributed by atoms with Gasteiger partial charge in [0, 0.05) is 13.0 Å². The van der Waals surface area contributed by atoms with Crippen LogP contribution in [0.3, 0.4) is 0 Å². The summed E-state index contributed by atoms with van der Waals surface area (Å²) in [6.45, 7) is 5.75. The largest absolute Gasteiger partial charge is 0.356 e. The number of amides is 1. The molecular weight excluding hydrogens is 273 g/mol. The van der Waals surface area contributed by atoms with Gasteiger partial charge < -0.3 is 14.8 Å². The van der Waals surface area contributed by atoms with Gasteiger partial charge in [-0.25, -0.2) is 4.39 Å². The Morgan fingerprint density at radius 3 is 2.81 bits per heavy atom. The van der Waals surface area contributed by atoms with Crippen molar-refractivity contribution in [3.8, 4) is 0 Å². The van der Waals surface area contributed by atoms with Crippen molar-refractivity contribution in [2.24, 2.45) is 5.92 Å². The molecule has 0 aromatic heterocycles. The van der Waals surface area contributed by atoms with E-state index < -0.39 is 5.79 Å². The highest BCUT2D eigenvalue weighted by molar-refractivity contribution is 5.78. The molecule has 1 aliphatic rings. The highest BCUT2D eigenvalue weighted by atomic mass is 19.1. The van der Waals surface area contributed by atoms with Gasteiger partial charge in [0.25, 0.3) is 0 Å². The zero-order valence-electron chi connectivity index (χ0n) is 12.5. The number of halogens is 1. The van der Waals surface area contributed by atoms with Crippen LogP contribution in [-0.4, -0.2) is 31.5 Å². The minimum absolute atomic E-state index is 0.106. The molecule has 1 fully saturated rings. The summed E-state index contributed by atoms with van der Waals surface area (Å²) < 4.78 is 24.1. The first-order chi connectivity index (χ1) is 9.97. The summed E-state index contributed by atoms with van der Waals surface area (Å²) in [4.78, 5) is 11.8. The molecule has 21 heavy (non-hydrogen) atoms. The molecule has 0 aliphatic carbocycles. The minimum Gasteiger partial charge on any atom is -0.356 e. The third-order valence-corrected chi connectivity index (χ3v) is 3.52. The maximum atomic E-state index is 13.0. The molecule has 1 aromatic carbocycles. The Hall–Kier alpha value is -1.46. The lowest BCUT2D eigenvalue weighted by molar-refractivity contribution is -0.154. The molecule has 1 saturated heterocycles. The van der Waals surface area contributed by atoms with Crippen molar-refractivity contribution in [2.75, 3.05) is 19.8 Å². The number of carbonyl (C=O) groups is 1. The number of benzene rings is 1. The van der Waals surface area contributed by atoms with E-state index in [0.717, 1.165) is 6.42 Å². The molecule has 1 atom stereocenters. The van der Waals surface area contributed by atoms with Gasteiger partial charge in [-0.05, 0) is 30.5 Å². The molecule has 116 valence electrons. The van der Waals surface area contributed by atoms with Gasteiger partial charge in [0.1, 0.15) is 5.82 Å². The van der Waals surface area contributed by atoms with Crippen molar-refractivity contribution >= 4 is 5.91 Å². The molecule has 1 N–H and O–H groups in total. The van der Waals surface area contributed by atoms with E-state index in [1.54, 1.807) is 12.1 Å². The molecule has 1 heterocycles. The molecule has 0 radical (unpaired) electrons. The molecule has 0 saturated carbocycles. The molecule has 4 nitrogen and oxygen atoms in total. The zero-order valence-corrected chi connectivity index (χ0v) is 12.5. The van der Waals surface area contributed by atoms with Crippen molar-refractivity contribution in [2.45, 2.75) is 32.5 Å². The van der Waals surface area contributed by atoms with Crippen molar-refractivity contribution < 1.29 is 18.7 Å². The standard InChI is InChI=1S/C16H22FNO3/c1-12(10-16(2)20-6-7-21-16)11-18-15(19)9-13-4-3-5-14(17)8-13/h3-5,8,12H,6-7,9-11H2,1-2H3,(H,18,19). The average Bonchev–Trinajstić information content (AvgIpc) is 2.83. The van der Waals surface area contributed by atoms with Crippen molar-refractivity contribution in [3.05, 3.63) is 35.6 Å². The van der Waals surface area contributed by atoms with E-state index in [1.807, 2.05) is 13.8 Å². The summed E-state index contributed by atoms with van der Waals surface area (Å²) in [6.07, 6.45) is 0.919. The third kappa shape index (κ3) is 5.10. The summed E-state index contributed by atoms with van der Waals surface area (Å²) in [5.74, 6) is -0.722. The van der Waals surface area contributed by atoms with Crippen LogP contribution < -0.4 is 5.32 Å². The molecule has 0 spiro atoms. The highest BCUT2D eigenvalue weighted by Crippen LogP contribution is 2.26. The number of carbonyl (C=O) groups excluding carboxylic acids is 1. The average molecular weight is 295 g/mol. The molecule has 2 rings (SSSR count). The van der Waals surface area contributed by atoms with E-state index in [2.05, 4.69) is 5.32 Å². The lowest BCUT2D eigenvalue weighted by atomic mass is 10.0. The van der Waals surface area contributed by atoms with Gasteiger partial charge in [-0.1, -0.05) is 19.1 Å². The summed E-state index contributed by atoms with van der Waals surface area (Å²) >= 11 is 0. The van der Waals surface area contributed by atoms with Crippen LogP contribution in [0.15, 0.2) is 24.3 Å². The Kier molecular flexibility index (Phi) is 5.31. The zero-order chi connectivity index (χ0) is 15.3. The predicted molar refractivity (Wildman–Crippen MR) is 77.2 cm³/mol. The fourth-order valence-electron chi connectivity index (χ4n) is 2.56. The van der Waals surface area contributed by atoms with Crippen LogP contribution in [0.4, 0.5) is 4.39 Å². The number of hydrogen-bond acceptors (Lipinski definition) is 3. The van der Waals surface area contributed by atoms with Gasteiger partial charge in [0.15, 0.2) is 5.79 Å². The maximum absolute atomic E-state index is 13.0. The van der Waals surface area contributed by atoms with Crippen LogP contribution in [0, 0.1) is 11.7 Å². The summed E-state index contributed by atoms with van der Waals surface area (Å²) in [7, 11) is 0. The molecule has 1 aliphatic heterocycles. The first kappa shape index (κ1) is 15.9. The molecule has 1 aromatic rings. The predicted octanol–water partition coefficient (Wildman–Crippen LogP) is 2.27. The van der Waals surface area contributed by atoms with E-state index >= 15 is 0 Å². The quantitative estimate of drug-likeness (QED) is 0.876.